The lowest BCUT2D eigenvalue weighted by Gasteiger charge is -2.08. The monoisotopic (exact) mass is 513 g/mol. The van der Waals surface area contributed by atoms with Crippen molar-refractivity contribution < 1.29 is 27.1 Å². The van der Waals surface area contributed by atoms with Gasteiger partial charge in [0.05, 0.1) is 23.5 Å². The predicted octanol–water partition coefficient (Wildman–Crippen LogP) is 5.28. The SMILES string of the molecule is O=C(Nc1cnn(Cc2c(F)cc(F)c(F)c2F)c1)c1ccn(COc2ccc(Cl)cc2Cl)n1. The van der Waals surface area contributed by atoms with Crippen LogP contribution >= 0.6 is 23.2 Å². The van der Waals surface area contributed by atoms with E-state index in [2.05, 4.69) is 15.5 Å². The van der Waals surface area contributed by atoms with Gasteiger partial charge in [-0.15, -0.1) is 0 Å². The Morgan fingerprint density at radius 2 is 1.82 bits per heavy atom. The Kier molecular flexibility index (Phi) is 6.75. The molecule has 2 heterocycles. The Labute approximate surface area is 199 Å². The third-order valence-corrected chi connectivity index (χ3v) is 5.07. The first-order valence-corrected chi connectivity index (χ1v) is 10.2. The molecule has 2 aromatic carbocycles. The number of hydrogen-bond acceptors (Lipinski definition) is 4. The van der Waals surface area contributed by atoms with Gasteiger partial charge in [-0.05, 0) is 24.3 Å². The van der Waals surface area contributed by atoms with Crippen molar-refractivity contribution in [1.29, 1.82) is 0 Å². The van der Waals surface area contributed by atoms with Crippen LogP contribution in [0.2, 0.25) is 10.0 Å². The first-order chi connectivity index (χ1) is 16.2. The van der Waals surface area contributed by atoms with Crippen molar-refractivity contribution in [3.63, 3.8) is 0 Å². The topological polar surface area (TPSA) is 74.0 Å². The summed E-state index contributed by atoms with van der Waals surface area (Å²) in [5.74, 6) is -6.53. The summed E-state index contributed by atoms with van der Waals surface area (Å²) in [6.07, 6.45) is 3.99. The lowest BCUT2D eigenvalue weighted by atomic mass is 10.2. The Hall–Kier alpha value is -3.57. The van der Waals surface area contributed by atoms with Gasteiger partial charge in [0.15, 0.2) is 29.9 Å². The highest BCUT2D eigenvalue weighted by Crippen LogP contribution is 2.27. The highest BCUT2D eigenvalue weighted by Gasteiger charge is 2.20. The maximum Gasteiger partial charge on any atom is 0.276 e. The van der Waals surface area contributed by atoms with Crippen molar-refractivity contribution >= 4 is 34.8 Å². The number of carbonyl (C=O) groups excluding carboxylic acids is 1. The molecule has 0 atom stereocenters. The van der Waals surface area contributed by atoms with Gasteiger partial charge in [0.1, 0.15) is 11.6 Å². The molecule has 4 aromatic rings. The Morgan fingerprint density at radius 3 is 2.59 bits per heavy atom. The zero-order chi connectivity index (χ0) is 24.4. The largest absolute Gasteiger partial charge is 0.470 e. The first-order valence-electron chi connectivity index (χ1n) is 9.48. The predicted molar refractivity (Wildman–Crippen MR) is 115 cm³/mol. The average molecular weight is 514 g/mol. The van der Waals surface area contributed by atoms with Crippen molar-refractivity contribution in [2.45, 2.75) is 13.3 Å². The molecule has 0 aliphatic rings. The Morgan fingerprint density at radius 1 is 1.03 bits per heavy atom. The van der Waals surface area contributed by atoms with Crippen LogP contribution < -0.4 is 10.1 Å². The van der Waals surface area contributed by atoms with Crippen molar-refractivity contribution in [2.75, 3.05) is 5.32 Å². The van der Waals surface area contributed by atoms with E-state index in [0.29, 0.717) is 15.8 Å². The summed E-state index contributed by atoms with van der Waals surface area (Å²) in [5.41, 5.74) is -0.470. The molecule has 0 unspecified atom stereocenters. The van der Waals surface area contributed by atoms with Crippen LogP contribution in [0, 0.1) is 23.3 Å². The van der Waals surface area contributed by atoms with Gasteiger partial charge in [0.25, 0.3) is 5.91 Å². The van der Waals surface area contributed by atoms with Crippen molar-refractivity contribution in [3.05, 3.63) is 93.5 Å². The highest BCUT2D eigenvalue weighted by atomic mass is 35.5. The number of ether oxygens (including phenoxy) is 1. The highest BCUT2D eigenvalue weighted by molar-refractivity contribution is 6.35. The second-order valence-electron chi connectivity index (χ2n) is 6.92. The van der Waals surface area contributed by atoms with E-state index in [9.17, 15) is 22.4 Å². The molecule has 1 N–H and O–H groups in total. The van der Waals surface area contributed by atoms with E-state index in [-0.39, 0.29) is 24.2 Å². The van der Waals surface area contributed by atoms with Crippen molar-refractivity contribution in [2.24, 2.45) is 0 Å². The van der Waals surface area contributed by atoms with Crippen LogP contribution in [0.3, 0.4) is 0 Å². The van der Waals surface area contributed by atoms with E-state index in [0.717, 1.165) is 4.68 Å². The summed E-state index contributed by atoms with van der Waals surface area (Å²) >= 11 is 11.9. The van der Waals surface area contributed by atoms with E-state index in [1.54, 1.807) is 12.1 Å². The van der Waals surface area contributed by atoms with Gasteiger partial charge in [-0.1, -0.05) is 23.2 Å². The van der Waals surface area contributed by atoms with E-state index >= 15 is 0 Å². The second kappa shape index (κ2) is 9.74. The molecule has 34 heavy (non-hydrogen) atoms. The molecule has 176 valence electrons. The molecule has 4 rings (SSSR count). The fourth-order valence-electron chi connectivity index (χ4n) is 2.90. The number of aromatic nitrogens is 4. The number of anilines is 1. The van der Waals surface area contributed by atoms with Crippen LogP contribution in [-0.4, -0.2) is 25.5 Å². The minimum Gasteiger partial charge on any atom is -0.470 e. The molecule has 0 bridgehead atoms. The number of amides is 1. The molecule has 13 heteroatoms. The minimum atomic E-state index is -1.78. The standard InChI is InChI=1S/C21H13Cl2F4N5O2/c22-11-1-2-18(14(23)5-11)34-10-31-4-3-17(30-31)21(33)29-12-7-28-32(8-12)9-13-15(24)6-16(25)20(27)19(13)26/h1-8H,9-10H2,(H,29,33). The Bertz CT molecular complexity index is 1380. The quantitative estimate of drug-likeness (QED) is 0.207. The van der Waals surface area contributed by atoms with Gasteiger partial charge in [-0.3, -0.25) is 9.48 Å². The van der Waals surface area contributed by atoms with Gasteiger partial charge in [0, 0.05) is 29.0 Å². The number of rotatable bonds is 7. The van der Waals surface area contributed by atoms with E-state index < -0.39 is 41.3 Å². The average Bonchev–Trinajstić information content (AvgIpc) is 3.44. The van der Waals surface area contributed by atoms with E-state index in [4.69, 9.17) is 27.9 Å². The fourth-order valence-corrected chi connectivity index (χ4v) is 3.37. The normalized spacial score (nSPS) is 11.0. The summed E-state index contributed by atoms with van der Waals surface area (Å²) in [6.45, 7) is -0.554. The Balaban J connectivity index is 1.38. The number of benzene rings is 2. The molecule has 0 saturated heterocycles. The number of nitrogens with zero attached hydrogens (tertiary/aromatic N) is 4. The van der Waals surface area contributed by atoms with Crippen LogP contribution in [0.15, 0.2) is 48.9 Å². The smallest absolute Gasteiger partial charge is 0.276 e. The van der Waals surface area contributed by atoms with Crippen LogP contribution in [0.1, 0.15) is 16.1 Å². The van der Waals surface area contributed by atoms with Gasteiger partial charge in [-0.2, -0.15) is 10.2 Å². The fraction of sp³-hybridized carbons (Fsp3) is 0.0952. The number of halogens is 6. The third-order valence-electron chi connectivity index (χ3n) is 4.54. The summed E-state index contributed by atoms with van der Waals surface area (Å²) < 4.78 is 62.1. The van der Waals surface area contributed by atoms with Gasteiger partial charge in [-0.25, -0.2) is 22.2 Å². The molecule has 0 fully saturated rings. The number of nitrogens with one attached hydrogen (secondary N) is 1. The van der Waals surface area contributed by atoms with Crippen LogP contribution in [0.4, 0.5) is 23.2 Å². The van der Waals surface area contributed by atoms with Gasteiger partial charge < -0.3 is 10.1 Å². The third kappa shape index (κ3) is 5.15. The summed E-state index contributed by atoms with van der Waals surface area (Å²) in [4.78, 5) is 12.4. The molecule has 1 amide bonds. The van der Waals surface area contributed by atoms with Crippen molar-refractivity contribution in [1.82, 2.24) is 19.6 Å². The molecule has 0 aliphatic carbocycles. The molecule has 2 aromatic heterocycles. The molecular weight excluding hydrogens is 501 g/mol. The van der Waals surface area contributed by atoms with Crippen LogP contribution in [0.25, 0.3) is 0 Å². The molecule has 0 aliphatic heterocycles. The number of carbonyl (C=O) groups is 1. The molecule has 0 saturated carbocycles. The van der Waals surface area contributed by atoms with E-state index in [1.807, 2.05) is 0 Å². The van der Waals surface area contributed by atoms with Gasteiger partial charge in [0.2, 0.25) is 0 Å². The summed E-state index contributed by atoms with van der Waals surface area (Å²) in [5, 5.41) is 11.2. The summed E-state index contributed by atoms with van der Waals surface area (Å²) in [7, 11) is 0. The lowest BCUT2D eigenvalue weighted by Crippen LogP contribution is -2.14. The lowest BCUT2D eigenvalue weighted by molar-refractivity contribution is 0.102. The molecule has 0 spiro atoms. The molecular formula is C21H13Cl2F4N5O2. The first kappa shape index (κ1) is 23.6. The zero-order valence-corrected chi connectivity index (χ0v) is 18.4. The second-order valence-corrected chi connectivity index (χ2v) is 7.76. The van der Waals surface area contributed by atoms with Crippen molar-refractivity contribution in [3.8, 4) is 5.75 Å². The maximum atomic E-state index is 13.9. The van der Waals surface area contributed by atoms with Crippen LogP contribution in [-0.2, 0) is 13.3 Å². The van der Waals surface area contributed by atoms with Gasteiger partial charge >= 0.3 is 0 Å². The maximum absolute atomic E-state index is 13.9. The summed E-state index contributed by atoms with van der Waals surface area (Å²) in [6, 6.07) is 6.42. The molecule has 0 radical (unpaired) electrons. The number of hydrogen-bond donors (Lipinski definition) is 1. The minimum absolute atomic E-state index is 0.0298. The zero-order valence-electron chi connectivity index (χ0n) is 16.9. The van der Waals surface area contributed by atoms with E-state index in [1.165, 1.54) is 35.4 Å². The van der Waals surface area contributed by atoms with Crippen LogP contribution in [0.5, 0.6) is 5.75 Å². The molecule has 7 nitrogen and oxygen atoms in total.